The van der Waals surface area contributed by atoms with E-state index in [1.54, 1.807) is 0 Å². The van der Waals surface area contributed by atoms with Crippen LogP contribution in [0.15, 0.2) is 30.3 Å². The molecule has 1 saturated heterocycles. The fourth-order valence-corrected chi connectivity index (χ4v) is 2.76. The average molecular weight is 276 g/mol. The Morgan fingerprint density at radius 2 is 1.75 bits per heavy atom. The third-order valence-corrected chi connectivity index (χ3v) is 3.76. The monoisotopic (exact) mass is 276 g/mol. The van der Waals surface area contributed by atoms with Crippen molar-refractivity contribution in [2.45, 2.75) is 25.3 Å². The minimum atomic E-state index is -0.452. The molecule has 0 bridgehead atoms. The van der Waals surface area contributed by atoms with Crippen LogP contribution in [0.4, 0.5) is 4.79 Å². The van der Waals surface area contributed by atoms with E-state index in [1.165, 1.54) is 18.4 Å². The highest BCUT2D eigenvalue weighted by atomic mass is 16.2. The molecule has 0 radical (unpaired) electrons. The van der Waals surface area contributed by atoms with E-state index >= 15 is 0 Å². The van der Waals surface area contributed by atoms with Gasteiger partial charge in [-0.25, -0.2) is 4.79 Å². The van der Waals surface area contributed by atoms with Crippen LogP contribution in [0.1, 0.15) is 30.9 Å². The summed E-state index contributed by atoms with van der Waals surface area (Å²) in [6, 6.07) is 8.94. The van der Waals surface area contributed by atoms with Crippen LogP contribution in [-0.4, -0.2) is 32.1 Å². The molecule has 1 aromatic carbocycles. The summed E-state index contributed by atoms with van der Waals surface area (Å²) < 4.78 is 0. The third kappa shape index (κ3) is 3.57. The van der Waals surface area contributed by atoms with E-state index in [-0.39, 0.29) is 11.9 Å². The van der Waals surface area contributed by atoms with E-state index in [9.17, 15) is 9.59 Å². The second-order valence-electron chi connectivity index (χ2n) is 5.13. The van der Waals surface area contributed by atoms with Crippen LogP contribution < -0.4 is 15.5 Å². The first kappa shape index (κ1) is 14.5. The van der Waals surface area contributed by atoms with Gasteiger partial charge in [-0.1, -0.05) is 30.3 Å². The second-order valence-corrected chi connectivity index (χ2v) is 5.13. The Labute approximate surface area is 119 Å². The van der Waals surface area contributed by atoms with E-state index in [2.05, 4.69) is 10.6 Å². The van der Waals surface area contributed by atoms with E-state index in [1.807, 2.05) is 30.3 Å². The zero-order chi connectivity index (χ0) is 14.4. The topological polar surface area (TPSA) is 62.6 Å². The lowest BCUT2D eigenvalue weighted by Crippen LogP contribution is -3.14. The van der Waals surface area contributed by atoms with Crippen molar-refractivity contribution in [3.63, 3.8) is 0 Å². The van der Waals surface area contributed by atoms with Crippen LogP contribution in [0, 0.1) is 0 Å². The molecular formula is C15H22N3O2+. The van der Waals surface area contributed by atoms with Crippen molar-refractivity contribution < 1.29 is 14.5 Å². The van der Waals surface area contributed by atoms with Gasteiger partial charge < -0.3 is 10.2 Å². The number of hydrogen-bond donors (Lipinski definition) is 3. The Balaban J connectivity index is 2.19. The Hall–Kier alpha value is -1.88. The van der Waals surface area contributed by atoms with E-state index < -0.39 is 6.03 Å². The highest BCUT2D eigenvalue weighted by molar-refractivity contribution is 5.96. The first-order valence-corrected chi connectivity index (χ1v) is 7.14. The predicted molar refractivity (Wildman–Crippen MR) is 76.3 cm³/mol. The van der Waals surface area contributed by atoms with Gasteiger partial charge >= 0.3 is 6.03 Å². The number of imide groups is 1. The van der Waals surface area contributed by atoms with Gasteiger partial charge in [-0.3, -0.25) is 10.1 Å². The van der Waals surface area contributed by atoms with Gasteiger partial charge in [-0.2, -0.15) is 0 Å². The van der Waals surface area contributed by atoms with Gasteiger partial charge in [0.25, 0.3) is 5.91 Å². The normalized spacial score (nSPS) is 17.2. The summed E-state index contributed by atoms with van der Waals surface area (Å²) in [6.45, 7) is 1.95. The molecule has 20 heavy (non-hydrogen) atoms. The minimum Gasteiger partial charge on any atom is -0.341 e. The van der Waals surface area contributed by atoms with Gasteiger partial charge in [0.2, 0.25) is 0 Å². The van der Waals surface area contributed by atoms with E-state index in [4.69, 9.17) is 0 Å². The predicted octanol–water partition coefficient (Wildman–Crippen LogP) is 0.252. The summed E-state index contributed by atoms with van der Waals surface area (Å²) in [7, 11) is 1.51. The summed E-state index contributed by atoms with van der Waals surface area (Å²) >= 11 is 0. The SMILES string of the molecule is CNC(=O)NC(=O)[C@@H](c1ccccc1)[NH+]1CCCCC1. The summed E-state index contributed by atoms with van der Waals surface area (Å²) in [5.41, 5.74) is 0.964. The first-order chi connectivity index (χ1) is 9.72. The zero-order valence-electron chi connectivity index (χ0n) is 11.8. The Morgan fingerprint density at radius 3 is 2.35 bits per heavy atom. The Morgan fingerprint density at radius 1 is 1.10 bits per heavy atom. The molecule has 5 nitrogen and oxygen atoms in total. The average Bonchev–Trinajstić information content (AvgIpc) is 2.49. The number of piperidine rings is 1. The number of hydrogen-bond acceptors (Lipinski definition) is 2. The van der Waals surface area contributed by atoms with Gasteiger partial charge in [0.1, 0.15) is 0 Å². The quantitative estimate of drug-likeness (QED) is 0.741. The Bertz CT molecular complexity index is 455. The number of carbonyl (C=O) groups excluding carboxylic acids is 2. The van der Waals surface area contributed by atoms with Crippen LogP contribution >= 0.6 is 0 Å². The highest BCUT2D eigenvalue weighted by Crippen LogP contribution is 2.11. The summed E-state index contributed by atoms with van der Waals surface area (Å²) in [6.07, 6.45) is 3.49. The number of quaternary nitrogens is 1. The lowest BCUT2D eigenvalue weighted by atomic mass is 10.0. The fourth-order valence-electron chi connectivity index (χ4n) is 2.76. The maximum absolute atomic E-state index is 12.4. The number of amides is 3. The summed E-state index contributed by atoms with van der Waals surface area (Å²) in [5, 5.41) is 4.84. The number of rotatable bonds is 3. The zero-order valence-corrected chi connectivity index (χ0v) is 11.8. The number of likely N-dealkylation sites (tertiary alicyclic amines) is 1. The molecule has 3 N–H and O–H groups in total. The molecule has 0 spiro atoms. The van der Waals surface area contributed by atoms with Gasteiger partial charge in [0.15, 0.2) is 6.04 Å². The Kier molecular flexibility index (Phi) is 5.12. The number of nitrogens with one attached hydrogen (secondary N) is 3. The van der Waals surface area contributed by atoms with Crippen LogP contribution in [0.5, 0.6) is 0 Å². The van der Waals surface area contributed by atoms with Crippen molar-refractivity contribution in [1.29, 1.82) is 0 Å². The molecule has 3 amide bonds. The maximum atomic E-state index is 12.4. The summed E-state index contributed by atoms with van der Waals surface area (Å²) in [4.78, 5) is 25.0. The molecule has 0 saturated carbocycles. The van der Waals surface area contributed by atoms with E-state index in [0.717, 1.165) is 31.5 Å². The molecule has 0 unspecified atom stereocenters. The first-order valence-electron chi connectivity index (χ1n) is 7.14. The molecule has 1 fully saturated rings. The lowest BCUT2D eigenvalue weighted by Gasteiger charge is -2.30. The molecule has 108 valence electrons. The fraction of sp³-hybridized carbons (Fsp3) is 0.467. The van der Waals surface area contributed by atoms with Gasteiger partial charge in [-0.15, -0.1) is 0 Å². The van der Waals surface area contributed by atoms with Gasteiger partial charge in [-0.05, 0) is 19.3 Å². The molecule has 0 aliphatic carbocycles. The molecule has 5 heteroatoms. The molecule has 1 aliphatic rings. The third-order valence-electron chi connectivity index (χ3n) is 3.76. The molecule has 1 aromatic rings. The van der Waals surface area contributed by atoms with Gasteiger partial charge in [0.05, 0.1) is 13.1 Å². The lowest BCUT2D eigenvalue weighted by molar-refractivity contribution is -0.926. The van der Waals surface area contributed by atoms with Crippen molar-refractivity contribution in [2.75, 3.05) is 20.1 Å². The molecular weight excluding hydrogens is 254 g/mol. The minimum absolute atomic E-state index is 0.229. The number of carbonyl (C=O) groups is 2. The maximum Gasteiger partial charge on any atom is 0.321 e. The second kappa shape index (κ2) is 7.05. The largest absolute Gasteiger partial charge is 0.341 e. The van der Waals surface area contributed by atoms with Crippen molar-refractivity contribution in [2.24, 2.45) is 0 Å². The van der Waals surface area contributed by atoms with Gasteiger partial charge in [0, 0.05) is 12.6 Å². The highest BCUT2D eigenvalue weighted by Gasteiger charge is 2.33. The molecule has 1 heterocycles. The van der Waals surface area contributed by atoms with Crippen LogP contribution in [-0.2, 0) is 4.79 Å². The number of urea groups is 1. The van der Waals surface area contributed by atoms with Crippen molar-refractivity contribution in [3.05, 3.63) is 35.9 Å². The molecule has 1 atom stereocenters. The van der Waals surface area contributed by atoms with E-state index in [0.29, 0.717) is 0 Å². The molecule has 0 aromatic heterocycles. The van der Waals surface area contributed by atoms with Crippen molar-refractivity contribution in [1.82, 2.24) is 10.6 Å². The molecule has 2 rings (SSSR count). The van der Waals surface area contributed by atoms with Crippen molar-refractivity contribution in [3.8, 4) is 0 Å². The smallest absolute Gasteiger partial charge is 0.321 e. The summed E-state index contributed by atoms with van der Waals surface area (Å²) in [5.74, 6) is -0.229. The number of benzene rings is 1. The van der Waals surface area contributed by atoms with Crippen LogP contribution in [0.25, 0.3) is 0 Å². The van der Waals surface area contributed by atoms with Crippen LogP contribution in [0.3, 0.4) is 0 Å². The van der Waals surface area contributed by atoms with Crippen LogP contribution in [0.2, 0.25) is 0 Å². The molecule has 1 aliphatic heterocycles. The standard InChI is InChI=1S/C15H21N3O2/c1-16-15(20)17-14(19)13(12-8-4-2-5-9-12)18-10-6-3-7-11-18/h2,4-5,8-9,13H,3,6-7,10-11H2,1H3,(H2,16,17,19,20)/p+1/t13-/m1/s1. The van der Waals surface area contributed by atoms with Crippen molar-refractivity contribution >= 4 is 11.9 Å².